The molecule has 2 aromatic rings. The van der Waals surface area contributed by atoms with Crippen LogP contribution in [0.25, 0.3) is 0 Å². The van der Waals surface area contributed by atoms with Gasteiger partial charge in [-0.25, -0.2) is 0 Å². The first kappa shape index (κ1) is 16.5. The molecule has 8 heteroatoms. The molecular formula is C14H11Cl2N3O2S. The number of halogens is 2. The van der Waals surface area contributed by atoms with Gasteiger partial charge in [0.25, 0.3) is 5.69 Å². The Morgan fingerprint density at radius 3 is 2.59 bits per heavy atom. The van der Waals surface area contributed by atoms with Gasteiger partial charge in [-0.3, -0.25) is 10.1 Å². The molecule has 0 aliphatic rings. The third-order valence-electron chi connectivity index (χ3n) is 2.84. The van der Waals surface area contributed by atoms with Crippen LogP contribution in [-0.2, 0) is 0 Å². The van der Waals surface area contributed by atoms with Crippen LogP contribution in [0.15, 0.2) is 36.4 Å². The highest BCUT2D eigenvalue weighted by Gasteiger charge is 2.12. The van der Waals surface area contributed by atoms with E-state index < -0.39 is 4.92 Å². The number of rotatable bonds is 3. The second-order valence-electron chi connectivity index (χ2n) is 4.46. The molecule has 0 aromatic heterocycles. The lowest BCUT2D eigenvalue weighted by molar-refractivity contribution is -0.385. The number of benzene rings is 2. The van der Waals surface area contributed by atoms with Gasteiger partial charge in [0, 0.05) is 22.3 Å². The summed E-state index contributed by atoms with van der Waals surface area (Å²) in [4.78, 5) is 10.5. The van der Waals surface area contributed by atoms with E-state index in [1.165, 1.54) is 6.07 Å². The van der Waals surface area contributed by atoms with E-state index in [-0.39, 0.29) is 10.8 Å². The van der Waals surface area contributed by atoms with Crippen molar-refractivity contribution in [3.8, 4) is 0 Å². The topological polar surface area (TPSA) is 67.2 Å². The van der Waals surface area contributed by atoms with Crippen molar-refractivity contribution in [3.05, 3.63) is 62.1 Å². The van der Waals surface area contributed by atoms with E-state index in [2.05, 4.69) is 10.6 Å². The van der Waals surface area contributed by atoms with Gasteiger partial charge in [-0.05, 0) is 43.4 Å². The molecule has 22 heavy (non-hydrogen) atoms. The van der Waals surface area contributed by atoms with Gasteiger partial charge in [0.1, 0.15) is 0 Å². The summed E-state index contributed by atoms with van der Waals surface area (Å²) in [6.45, 7) is 1.67. The van der Waals surface area contributed by atoms with Gasteiger partial charge in [-0.2, -0.15) is 0 Å². The summed E-state index contributed by atoms with van der Waals surface area (Å²) >= 11 is 17.1. The van der Waals surface area contributed by atoms with Crippen LogP contribution in [-0.4, -0.2) is 10.0 Å². The zero-order chi connectivity index (χ0) is 16.3. The van der Waals surface area contributed by atoms with Crippen LogP contribution in [0.5, 0.6) is 0 Å². The van der Waals surface area contributed by atoms with Crippen LogP contribution >= 0.6 is 35.4 Å². The van der Waals surface area contributed by atoms with E-state index in [0.29, 0.717) is 27.0 Å². The van der Waals surface area contributed by atoms with Crippen molar-refractivity contribution in [1.82, 2.24) is 0 Å². The molecule has 0 aliphatic carbocycles. The molecule has 2 N–H and O–H groups in total. The smallest absolute Gasteiger partial charge is 0.274 e. The van der Waals surface area contributed by atoms with E-state index in [1.54, 1.807) is 37.3 Å². The predicted octanol–water partition coefficient (Wildman–Crippen LogP) is 5.02. The molecule has 5 nitrogen and oxygen atoms in total. The number of nitro benzene ring substituents is 1. The second kappa shape index (κ2) is 6.91. The van der Waals surface area contributed by atoms with E-state index in [4.69, 9.17) is 35.4 Å². The standard InChI is InChI=1S/C14H11Cl2N3O2S/c1-8-2-4-10(7-13(8)19(20)21)17-14(22)18-12-6-9(15)3-5-11(12)16/h2-7H,1H3,(H2,17,18,22). The van der Waals surface area contributed by atoms with Crippen molar-refractivity contribution in [2.45, 2.75) is 6.92 Å². The number of thiocarbonyl (C=S) groups is 1. The van der Waals surface area contributed by atoms with Crippen molar-refractivity contribution in [2.24, 2.45) is 0 Å². The molecule has 0 fully saturated rings. The molecule has 0 spiro atoms. The number of aryl methyl sites for hydroxylation is 1. The Bertz CT molecular complexity index is 753. The van der Waals surface area contributed by atoms with Gasteiger partial charge < -0.3 is 10.6 Å². The minimum atomic E-state index is -0.440. The first-order chi connectivity index (χ1) is 10.4. The van der Waals surface area contributed by atoms with Crippen molar-refractivity contribution in [3.63, 3.8) is 0 Å². The Balaban J connectivity index is 2.14. The summed E-state index contributed by atoms with van der Waals surface area (Å²) in [6.07, 6.45) is 0. The lowest BCUT2D eigenvalue weighted by Gasteiger charge is -2.12. The summed E-state index contributed by atoms with van der Waals surface area (Å²) in [5, 5.41) is 17.9. The molecule has 0 bridgehead atoms. The summed E-state index contributed by atoms with van der Waals surface area (Å²) in [7, 11) is 0. The monoisotopic (exact) mass is 355 g/mol. The fraction of sp³-hybridized carbons (Fsp3) is 0.0714. The Morgan fingerprint density at radius 1 is 1.18 bits per heavy atom. The average Bonchev–Trinajstić information content (AvgIpc) is 2.44. The minimum Gasteiger partial charge on any atom is -0.332 e. The summed E-state index contributed by atoms with van der Waals surface area (Å²) in [6, 6.07) is 9.71. The Morgan fingerprint density at radius 2 is 1.91 bits per heavy atom. The van der Waals surface area contributed by atoms with E-state index >= 15 is 0 Å². The highest BCUT2D eigenvalue weighted by atomic mass is 35.5. The molecule has 0 unspecified atom stereocenters. The second-order valence-corrected chi connectivity index (χ2v) is 5.71. The first-order valence-corrected chi connectivity index (χ1v) is 7.31. The normalized spacial score (nSPS) is 10.1. The lowest BCUT2D eigenvalue weighted by Crippen LogP contribution is -2.19. The minimum absolute atomic E-state index is 0.0218. The molecule has 0 radical (unpaired) electrons. The lowest BCUT2D eigenvalue weighted by atomic mass is 10.2. The van der Waals surface area contributed by atoms with Crippen LogP contribution in [0.1, 0.15) is 5.56 Å². The number of nitrogens with zero attached hydrogens (tertiary/aromatic N) is 1. The van der Waals surface area contributed by atoms with Gasteiger partial charge in [-0.15, -0.1) is 0 Å². The predicted molar refractivity (Wildman–Crippen MR) is 94.1 cm³/mol. The fourth-order valence-corrected chi connectivity index (χ4v) is 2.33. The van der Waals surface area contributed by atoms with E-state index in [1.807, 2.05) is 0 Å². The zero-order valence-corrected chi connectivity index (χ0v) is 13.7. The SMILES string of the molecule is Cc1ccc(NC(=S)Nc2cc(Cl)ccc2Cl)cc1[N+](=O)[O-]. The van der Waals surface area contributed by atoms with Crippen LogP contribution < -0.4 is 10.6 Å². The maximum atomic E-state index is 10.9. The summed E-state index contributed by atoms with van der Waals surface area (Å²) in [5.41, 5.74) is 1.65. The molecule has 2 aromatic carbocycles. The highest BCUT2D eigenvalue weighted by molar-refractivity contribution is 7.80. The van der Waals surface area contributed by atoms with E-state index in [0.717, 1.165) is 0 Å². The molecule has 114 valence electrons. The van der Waals surface area contributed by atoms with Crippen molar-refractivity contribution < 1.29 is 4.92 Å². The molecule has 0 atom stereocenters. The average molecular weight is 356 g/mol. The third kappa shape index (κ3) is 4.07. The fourth-order valence-electron chi connectivity index (χ4n) is 1.76. The van der Waals surface area contributed by atoms with Gasteiger partial charge in [0.05, 0.1) is 15.6 Å². The molecule has 0 saturated heterocycles. The van der Waals surface area contributed by atoms with Crippen molar-refractivity contribution >= 4 is 57.6 Å². The molecular weight excluding hydrogens is 345 g/mol. The summed E-state index contributed by atoms with van der Waals surface area (Å²) < 4.78 is 0. The molecule has 0 saturated carbocycles. The van der Waals surface area contributed by atoms with Crippen LogP contribution in [0.4, 0.5) is 17.1 Å². The van der Waals surface area contributed by atoms with Gasteiger partial charge in [0.2, 0.25) is 0 Å². The zero-order valence-electron chi connectivity index (χ0n) is 11.4. The quantitative estimate of drug-likeness (QED) is 0.459. The Labute approximate surface area is 142 Å². The van der Waals surface area contributed by atoms with E-state index in [9.17, 15) is 10.1 Å². The third-order valence-corrected chi connectivity index (χ3v) is 3.61. The number of nitrogens with one attached hydrogen (secondary N) is 2. The molecule has 0 aliphatic heterocycles. The molecule has 0 amide bonds. The first-order valence-electron chi connectivity index (χ1n) is 6.15. The number of anilines is 2. The maximum Gasteiger partial charge on any atom is 0.274 e. The number of nitro groups is 1. The summed E-state index contributed by atoms with van der Waals surface area (Å²) in [5.74, 6) is 0. The largest absolute Gasteiger partial charge is 0.332 e. The Hall–Kier alpha value is -1.89. The van der Waals surface area contributed by atoms with Crippen LogP contribution in [0.2, 0.25) is 10.0 Å². The van der Waals surface area contributed by atoms with Crippen molar-refractivity contribution in [2.75, 3.05) is 10.6 Å². The van der Waals surface area contributed by atoms with Crippen LogP contribution in [0.3, 0.4) is 0 Å². The number of hydrogen-bond acceptors (Lipinski definition) is 3. The number of hydrogen-bond donors (Lipinski definition) is 2. The Kier molecular flexibility index (Phi) is 5.18. The van der Waals surface area contributed by atoms with Gasteiger partial charge in [-0.1, -0.05) is 29.3 Å². The molecule has 2 rings (SSSR count). The van der Waals surface area contributed by atoms with Gasteiger partial charge >= 0.3 is 0 Å². The van der Waals surface area contributed by atoms with Crippen LogP contribution in [0, 0.1) is 17.0 Å². The van der Waals surface area contributed by atoms with Gasteiger partial charge in [0.15, 0.2) is 5.11 Å². The maximum absolute atomic E-state index is 10.9. The van der Waals surface area contributed by atoms with Crippen molar-refractivity contribution in [1.29, 1.82) is 0 Å². The molecule has 0 heterocycles. The highest BCUT2D eigenvalue weighted by Crippen LogP contribution is 2.26.